The Morgan fingerprint density at radius 3 is 2.45 bits per heavy atom. The first-order chi connectivity index (χ1) is 10.8. The average molecular weight is 349 g/mol. The summed E-state index contributed by atoms with van der Waals surface area (Å²) < 4.78 is 1.10. The van der Waals surface area contributed by atoms with Crippen LogP contribution in [0.4, 0.5) is 0 Å². The van der Waals surface area contributed by atoms with Crippen LogP contribution in [0, 0.1) is 0 Å². The highest BCUT2D eigenvalue weighted by molar-refractivity contribution is 9.10. The Kier molecular flexibility index (Phi) is 4.87. The van der Waals surface area contributed by atoms with Crippen molar-refractivity contribution in [1.82, 2.24) is 0 Å². The topological polar surface area (TPSA) is 0 Å². The Hall–Kier alpha value is -2.12. The molecular weight excluding hydrogens is 332 g/mol. The van der Waals surface area contributed by atoms with Crippen molar-refractivity contribution in [3.05, 3.63) is 106 Å². The molecule has 1 heteroatoms. The zero-order valence-corrected chi connectivity index (χ0v) is 13.8. The molecule has 22 heavy (non-hydrogen) atoms. The molecule has 0 nitrogen and oxygen atoms in total. The van der Waals surface area contributed by atoms with Crippen LogP contribution in [0.3, 0.4) is 0 Å². The van der Waals surface area contributed by atoms with Crippen LogP contribution >= 0.6 is 15.9 Å². The lowest BCUT2D eigenvalue weighted by Gasteiger charge is -2.10. The van der Waals surface area contributed by atoms with Crippen LogP contribution in [0.25, 0.3) is 11.6 Å². The molecule has 0 unspecified atom stereocenters. The summed E-state index contributed by atoms with van der Waals surface area (Å²) in [6.07, 6.45) is 14.1. The molecule has 0 saturated heterocycles. The van der Waals surface area contributed by atoms with Gasteiger partial charge in [-0.05, 0) is 46.9 Å². The maximum Gasteiger partial charge on any atom is 0.0175 e. The van der Waals surface area contributed by atoms with Crippen LogP contribution in [0.5, 0.6) is 0 Å². The SMILES string of the molecule is Brc1ccc(/C=C(\C2=CCC=CC=C2)c2ccccc2)cc1. The van der Waals surface area contributed by atoms with Gasteiger partial charge in [0.1, 0.15) is 0 Å². The van der Waals surface area contributed by atoms with Crippen LogP contribution in [0.2, 0.25) is 0 Å². The van der Waals surface area contributed by atoms with Crippen LogP contribution in [-0.4, -0.2) is 0 Å². The minimum Gasteiger partial charge on any atom is -0.0807 e. The van der Waals surface area contributed by atoms with Crippen LogP contribution in [0.1, 0.15) is 17.5 Å². The molecule has 1 aliphatic rings. The van der Waals surface area contributed by atoms with Crippen molar-refractivity contribution in [2.75, 3.05) is 0 Å². The monoisotopic (exact) mass is 348 g/mol. The molecule has 0 N–H and O–H groups in total. The van der Waals surface area contributed by atoms with Crippen LogP contribution in [0.15, 0.2) is 95.0 Å². The van der Waals surface area contributed by atoms with Crippen molar-refractivity contribution in [1.29, 1.82) is 0 Å². The third-order valence-electron chi connectivity index (χ3n) is 3.57. The second-order valence-electron chi connectivity index (χ2n) is 5.16. The van der Waals surface area contributed by atoms with E-state index in [4.69, 9.17) is 0 Å². The molecule has 0 radical (unpaired) electrons. The minimum absolute atomic E-state index is 0.965. The lowest BCUT2D eigenvalue weighted by molar-refractivity contribution is 1.38. The normalized spacial score (nSPS) is 14.6. The van der Waals surface area contributed by atoms with Gasteiger partial charge in [0.15, 0.2) is 0 Å². The van der Waals surface area contributed by atoms with Gasteiger partial charge >= 0.3 is 0 Å². The van der Waals surface area contributed by atoms with Crippen molar-refractivity contribution >= 4 is 27.6 Å². The van der Waals surface area contributed by atoms with E-state index in [0.717, 1.165) is 10.9 Å². The molecule has 108 valence electrons. The molecule has 0 amide bonds. The number of hydrogen-bond donors (Lipinski definition) is 0. The van der Waals surface area contributed by atoms with Gasteiger partial charge in [0.25, 0.3) is 0 Å². The van der Waals surface area contributed by atoms with Gasteiger partial charge in [0.05, 0.1) is 0 Å². The molecule has 0 aliphatic heterocycles. The van der Waals surface area contributed by atoms with E-state index in [2.05, 4.69) is 107 Å². The van der Waals surface area contributed by atoms with E-state index >= 15 is 0 Å². The molecular formula is C21H17Br. The summed E-state index contributed by atoms with van der Waals surface area (Å²) in [7, 11) is 0. The highest BCUT2D eigenvalue weighted by Gasteiger charge is 2.06. The number of allylic oxidation sites excluding steroid dienone is 7. The van der Waals surface area contributed by atoms with E-state index in [-0.39, 0.29) is 0 Å². The quantitative estimate of drug-likeness (QED) is 0.560. The summed E-state index contributed by atoms with van der Waals surface area (Å²) in [5.41, 5.74) is 4.96. The Morgan fingerprint density at radius 1 is 0.909 bits per heavy atom. The van der Waals surface area contributed by atoms with Gasteiger partial charge in [0, 0.05) is 4.47 Å². The zero-order valence-electron chi connectivity index (χ0n) is 12.2. The fourth-order valence-corrected chi connectivity index (χ4v) is 2.72. The lowest BCUT2D eigenvalue weighted by Crippen LogP contribution is -1.88. The van der Waals surface area contributed by atoms with Gasteiger partial charge < -0.3 is 0 Å². The number of hydrogen-bond acceptors (Lipinski definition) is 0. The molecule has 0 atom stereocenters. The van der Waals surface area contributed by atoms with Gasteiger partial charge in [-0.25, -0.2) is 0 Å². The van der Waals surface area contributed by atoms with E-state index in [1.54, 1.807) is 0 Å². The minimum atomic E-state index is 0.965. The summed E-state index contributed by atoms with van der Waals surface area (Å²) >= 11 is 3.49. The third kappa shape index (κ3) is 3.75. The summed E-state index contributed by atoms with van der Waals surface area (Å²) in [5.74, 6) is 0. The van der Waals surface area contributed by atoms with E-state index in [9.17, 15) is 0 Å². The summed E-state index contributed by atoms with van der Waals surface area (Å²) in [5, 5.41) is 0. The van der Waals surface area contributed by atoms with Crippen LogP contribution < -0.4 is 0 Å². The van der Waals surface area contributed by atoms with E-state index in [0.29, 0.717) is 0 Å². The third-order valence-corrected chi connectivity index (χ3v) is 4.10. The van der Waals surface area contributed by atoms with Gasteiger partial charge in [-0.3, -0.25) is 0 Å². The van der Waals surface area contributed by atoms with Gasteiger partial charge in [-0.15, -0.1) is 0 Å². The van der Waals surface area contributed by atoms with Crippen LogP contribution in [-0.2, 0) is 0 Å². The highest BCUT2D eigenvalue weighted by Crippen LogP contribution is 2.28. The smallest absolute Gasteiger partial charge is 0.0175 e. The predicted molar refractivity (Wildman–Crippen MR) is 99.4 cm³/mol. The van der Waals surface area contributed by atoms with Gasteiger partial charge in [0.2, 0.25) is 0 Å². The molecule has 0 bridgehead atoms. The Morgan fingerprint density at radius 2 is 1.68 bits per heavy atom. The molecule has 0 aromatic heterocycles. The molecule has 2 aromatic carbocycles. The molecule has 0 saturated carbocycles. The van der Waals surface area contributed by atoms with Crippen molar-refractivity contribution in [2.24, 2.45) is 0 Å². The Labute approximate surface area is 140 Å². The largest absolute Gasteiger partial charge is 0.0807 e. The first kappa shape index (κ1) is 14.8. The second-order valence-corrected chi connectivity index (χ2v) is 6.07. The maximum absolute atomic E-state index is 3.49. The standard InChI is InChI=1S/C21H17Br/c22-20-14-12-17(13-15-20)16-21(19-10-6-3-7-11-19)18-8-4-1-2-5-9-18/h1-4,6-16H,5H2/b21-16+. The second kappa shape index (κ2) is 7.24. The Balaban J connectivity index is 2.07. The van der Waals surface area contributed by atoms with E-state index in [1.807, 2.05) is 0 Å². The summed E-state index contributed by atoms with van der Waals surface area (Å²) in [6.45, 7) is 0. The number of halogens is 1. The predicted octanol–water partition coefficient (Wildman–Crippen LogP) is 6.43. The molecule has 2 aromatic rings. The van der Waals surface area contributed by atoms with E-state index in [1.165, 1.54) is 22.3 Å². The van der Waals surface area contributed by atoms with Crippen molar-refractivity contribution in [2.45, 2.75) is 6.42 Å². The first-order valence-electron chi connectivity index (χ1n) is 7.39. The Bertz CT molecular complexity index is 744. The van der Waals surface area contributed by atoms with Gasteiger partial charge in [-0.1, -0.05) is 88.8 Å². The zero-order chi connectivity index (χ0) is 15.2. The fourth-order valence-electron chi connectivity index (χ4n) is 2.46. The number of rotatable bonds is 3. The molecule has 1 aliphatic carbocycles. The molecule has 0 heterocycles. The first-order valence-corrected chi connectivity index (χ1v) is 8.19. The van der Waals surface area contributed by atoms with E-state index < -0.39 is 0 Å². The molecule has 0 spiro atoms. The number of benzene rings is 2. The van der Waals surface area contributed by atoms with Gasteiger partial charge in [-0.2, -0.15) is 0 Å². The maximum atomic E-state index is 3.49. The summed E-state index contributed by atoms with van der Waals surface area (Å²) in [6, 6.07) is 19.0. The van der Waals surface area contributed by atoms with Crippen molar-refractivity contribution in [3.63, 3.8) is 0 Å². The van der Waals surface area contributed by atoms with Crippen molar-refractivity contribution in [3.8, 4) is 0 Å². The average Bonchev–Trinajstić information content (AvgIpc) is 2.84. The highest BCUT2D eigenvalue weighted by atomic mass is 79.9. The summed E-state index contributed by atoms with van der Waals surface area (Å²) in [4.78, 5) is 0. The fraction of sp³-hybridized carbons (Fsp3) is 0.0476. The molecule has 0 fully saturated rings. The van der Waals surface area contributed by atoms with Crippen molar-refractivity contribution < 1.29 is 0 Å². The molecule has 3 rings (SSSR count). The lowest BCUT2D eigenvalue weighted by atomic mass is 9.95.